The summed E-state index contributed by atoms with van der Waals surface area (Å²) in [4.78, 5) is 16.2. The Morgan fingerprint density at radius 1 is 1.17 bits per heavy atom. The summed E-state index contributed by atoms with van der Waals surface area (Å²) in [6.07, 6.45) is 1.64. The molecule has 1 heterocycles. The summed E-state index contributed by atoms with van der Waals surface area (Å²) in [5.74, 6) is 0.879. The summed E-state index contributed by atoms with van der Waals surface area (Å²) in [5.41, 5.74) is 1.66. The van der Waals surface area contributed by atoms with Crippen LogP contribution >= 0.6 is 11.8 Å². The second kappa shape index (κ2) is 7.65. The molecule has 3 rings (SSSR count). The predicted octanol–water partition coefficient (Wildman–Crippen LogP) is 3.01. The Morgan fingerprint density at radius 2 is 1.92 bits per heavy atom. The minimum Gasteiger partial charge on any atom is -0.497 e. The molecule has 1 aromatic heterocycles. The Hall–Kier alpha value is -2.80. The highest BCUT2D eigenvalue weighted by Crippen LogP contribution is 2.17. The maximum absolute atomic E-state index is 12.0. The van der Waals surface area contributed by atoms with Gasteiger partial charge in [-0.2, -0.15) is 0 Å². The molecule has 0 saturated carbocycles. The van der Waals surface area contributed by atoms with E-state index in [0.29, 0.717) is 5.16 Å². The fraction of sp³-hybridized carbons (Fsp3) is 0.118. The van der Waals surface area contributed by atoms with Gasteiger partial charge in [0.25, 0.3) is 0 Å². The maximum Gasteiger partial charge on any atom is 0.234 e. The second-order valence-corrected chi connectivity index (χ2v) is 5.82. The number of anilines is 1. The third-order valence-corrected chi connectivity index (χ3v) is 4.05. The van der Waals surface area contributed by atoms with Gasteiger partial charge in [-0.3, -0.25) is 4.79 Å². The highest BCUT2D eigenvalue weighted by molar-refractivity contribution is 7.99. The number of nitrogens with zero attached hydrogens (tertiary/aromatic N) is 3. The van der Waals surface area contributed by atoms with E-state index in [1.807, 2.05) is 30.3 Å². The van der Waals surface area contributed by atoms with Crippen LogP contribution in [-0.4, -0.2) is 33.5 Å². The van der Waals surface area contributed by atoms with E-state index in [-0.39, 0.29) is 11.7 Å². The molecule has 0 saturated heterocycles. The summed E-state index contributed by atoms with van der Waals surface area (Å²) < 4.78 is 6.77. The average molecular weight is 340 g/mol. The average Bonchev–Trinajstić information content (AvgIpc) is 3.10. The van der Waals surface area contributed by atoms with Crippen LogP contribution in [0.3, 0.4) is 0 Å². The first kappa shape index (κ1) is 16.1. The first-order valence-electron chi connectivity index (χ1n) is 7.28. The summed E-state index contributed by atoms with van der Waals surface area (Å²) in [7, 11) is 1.60. The maximum atomic E-state index is 12.0. The van der Waals surface area contributed by atoms with Crippen molar-refractivity contribution >= 4 is 23.4 Å². The Kier molecular flexibility index (Phi) is 5.12. The van der Waals surface area contributed by atoms with Crippen molar-refractivity contribution in [3.8, 4) is 11.4 Å². The van der Waals surface area contributed by atoms with E-state index < -0.39 is 0 Å². The molecule has 0 spiro atoms. The summed E-state index contributed by atoms with van der Waals surface area (Å²) >= 11 is 1.29. The number of nitrogens with one attached hydrogen (secondary N) is 1. The van der Waals surface area contributed by atoms with Gasteiger partial charge in [-0.05, 0) is 36.4 Å². The Labute approximate surface area is 143 Å². The van der Waals surface area contributed by atoms with Gasteiger partial charge >= 0.3 is 0 Å². The molecule has 0 fully saturated rings. The minimum absolute atomic E-state index is 0.110. The van der Waals surface area contributed by atoms with Gasteiger partial charge in [0.05, 0.1) is 18.6 Å². The number of carbonyl (C=O) groups excluding carboxylic acids is 1. The van der Waals surface area contributed by atoms with Crippen LogP contribution in [0.4, 0.5) is 5.69 Å². The molecular weight excluding hydrogens is 324 g/mol. The molecule has 24 heavy (non-hydrogen) atoms. The van der Waals surface area contributed by atoms with Crippen LogP contribution in [0.25, 0.3) is 5.69 Å². The van der Waals surface area contributed by atoms with Gasteiger partial charge in [0.1, 0.15) is 12.1 Å². The van der Waals surface area contributed by atoms with E-state index in [1.165, 1.54) is 11.8 Å². The van der Waals surface area contributed by atoms with Gasteiger partial charge in [-0.25, -0.2) is 9.67 Å². The topological polar surface area (TPSA) is 69.0 Å². The first-order valence-corrected chi connectivity index (χ1v) is 8.27. The summed E-state index contributed by atoms with van der Waals surface area (Å²) in [5, 5.41) is 7.74. The van der Waals surface area contributed by atoms with Crippen LogP contribution in [-0.2, 0) is 4.79 Å². The second-order valence-electron chi connectivity index (χ2n) is 4.87. The monoisotopic (exact) mass is 340 g/mol. The number of carbonyl (C=O) groups is 1. The van der Waals surface area contributed by atoms with Crippen molar-refractivity contribution in [2.75, 3.05) is 18.2 Å². The molecule has 0 radical (unpaired) electrons. The number of rotatable bonds is 6. The smallest absolute Gasteiger partial charge is 0.234 e. The van der Waals surface area contributed by atoms with Crippen LogP contribution in [0.1, 0.15) is 0 Å². The van der Waals surface area contributed by atoms with Crippen LogP contribution in [0.5, 0.6) is 5.75 Å². The summed E-state index contributed by atoms with van der Waals surface area (Å²) in [6, 6.07) is 16.9. The molecule has 0 bridgehead atoms. The van der Waals surface area contributed by atoms with Crippen LogP contribution in [0.15, 0.2) is 66.1 Å². The molecule has 1 N–H and O–H groups in total. The molecule has 0 unspecified atom stereocenters. The molecule has 1 amide bonds. The number of ether oxygens (including phenoxy) is 1. The normalized spacial score (nSPS) is 10.4. The van der Waals surface area contributed by atoms with Crippen LogP contribution in [0.2, 0.25) is 0 Å². The van der Waals surface area contributed by atoms with Crippen molar-refractivity contribution in [3.05, 3.63) is 60.9 Å². The van der Waals surface area contributed by atoms with Gasteiger partial charge in [0.15, 0.2) is 0 Å². The fourth-order valence-electron chi connectivity index (χ4n) is 2.02. The number of benzene rings is 2. The fourth-order valence-corrected chi connectivity index (χ4v) is 2.62. The number of para-hydroxylation sites is 1. The SMILES string of the molecule is COc1ccc(NC(=O)CSc2ncn(-c3ccccc3)n2)cc1. The van der Waals surface area contributed by atoms with Gasteiger partial charge in [-0.15, -0.1) is 5.10 Å². The number of methoxy groups -OCH3 is 1. The first-order chi connectivity index (χ1) is 11.7. The van der Waals surface area contributed by atoms with E-state index >= 15 is 0 Å². The van der Waals surface area contributed by atoms with E-state index in [1.54, 1.807) is 42.4 Å². The molecule has 122 valence electrons. The zero-order chi connectivity index (χ0) is 16.8. The molecule has 3 aromatic rings. The van der Waals surface area contributed by atoms with Crippen molar-refractivity contribution in [1.29, 1.82) is 0 Å². The minimum atomic E-state index is -0.110. The third-order valence-electron chi connectivity index (χ3n) is 3.20. The van der Waals surface area contributed by atoms with E-state index in [0.717, 1.165) is 17.1 Å². The molecule has 0 atom stereocenters. The zero-order valence-corrected chi connectivity index (χ0v) is 13.9. The highest BCUT2D eigenvalue weighted by Gasteiger charge is 2.08. The number of hydrogen-bond acceptors (Lipinski definition) is 5. The summed E-state index contributed by atoms with van der Waals surface area (Å²) in [6.45, 7) is 0. The van der Waals surface area contributed by atoms with Crippen molar-refractivity contribution in [2.45, 2.75) is 5.16 Å². The Balaban J connectivity index is 1.53. The van der Waals surface area contributed by atoms with E-state index in [9.17, 15) is 4.79 Å². The van der Waals surface area contributed by atoms with Crippen molar-refractivity contribution < 1.29 is 9.53 Å². The van der Waals surface area contributed by atoms with Crippen molar-refractivity contribution in [2.24, 2.45) is 0 Å². The number of thioether (sulfide) groups is 1. The lowest BCUT2D eigenvalue weighted by Crippen LogP contribution is -2.14. The van der Waals surface area contributed by atoms with Crippen LogP contribution in [0, 0.1) is 0 Å². The van der Waals surface area contributed by atoms with Gasteiger partial charge < -0.3 is 10.1 Å². The quantitative estimate of drug-likeness (QED) is 0.699. The predicted molar refractivity (Wildman–Crippen MR) is 93.7 cm³/mol. The molecule has 0 aliphatic carbocycles. The van der Waals surface area contributed by atoms with Crippen molar-refractivity contribution in [1.82, 2.24) is 14.8 Å². The van der Waals surface area contributed by atoms with E-state index in [4.69, 9.17) is 4.74 Å². The molecule has 6 nitrogen and oxygen atoms in total. The Bertz CT molecular complexity index is 803. The molecule has 7 heteroatoms. The Morgan fingerprint density at radius 3 is 2.62 bits per heavy atom. The van der Waals surface area contributed by atoms with Gasteiger partial charge in [0.2, 0.25) is 11.1 Å². The molecule has 2 aromatic carbocycles. The van der Waals surface area contributed by atoms with Gasteiger partial charge in [0, 0.05) is 5.69 Å². The molecular formula is C17H16N4O2S. The molecule has 0 aliphatic heterocycles. The van der Waals surface area contributed by atoms with Gasteiger partial charge in [-0.1, -0.05) is 30.0 Å². The van der Waals surface area contributed by atoms with Crippen LogP contribution < -0.4 is 10.1 Å². The standard InChI is InChI=1S/C17H16N4O2S/c1-23-15-9-7-13(8-10-15)19-16(22)11-24-17-18-12-21(20-17)14-5-3-2-4-6-14/h2-10,12H,11H2,1H3,(H,19,22). The lowest BCUT2D eigenvalue weighted by atomic mass is 10.3. The number of aromatic nitrogens is 3. The third kappa shape index (κ3) is 4.14. The highest BCUT2D eigenvalue weighted by atomic mass is 32.2. The number of hydrogen-bond donors (Lipinski definition) is 1. The zero-order valence-electron chi connectivity index (χ0n) is 13.0. The largest absolute Gasteiger partial charge is 0.497 e. The van der Waals surface area contributed by atoms with Crippen molar-refractivity contribution in [3.63, 3.8) is 0 Å². The number of amides is 1. The molecule has 0 aliphatic rings. The lowest BCUT2D eigenvalue weighted by Gasteiger charge is -2.05. The van der Waals surface area contributed by atoms with E-state index in [2.05, 4.69) is 15.4 Å². The lowest BCUT2D eigenvalue weighted by molar-refractivity contribution is -0.113.